The predicted molar refractivity (Wildman–Crippen MR) is 78.7 cm³/mol. The first-order valence-corrected chi connectivity index (χ1v) is 7.23. The fourth-order valence-electron chi connectivity index (χ4n) is 2.94. The summed E-state index contributed by atoms with van der Waals surface area (Å²) in [7, 11) is 2.23. The predicted octanol–water partition coefficient (Wildman–Crippen LogP) is 3.42. The number of aromatic nitrogens is 1. The molecule has 1 fully saturated rings. The van der Waals surface area contributed by atoms with E-state index in [1.54, 1.807) is 0 Å². The Balaban J connectivity index is 1.53. The number of likely N-dealkylation sites (tertiary alicyclic amines) is 1. The summed E-state index contributed by atoms with van der Waals surface area (Å²) in [6.45, 7) is 2.05. The zero-order valence-electron chi connectivity index (χ0n) is 11.6. The smallest absolute Gasteiger partial charge is 0.120 e. The van der Waals surface area contributed by atoms with Gasteiger partial charge in [-0.3, -0.25) is 0 Å². The third-order valence-corrected chi connectivity index (χ3v) is 4.17. The van der Waals surface area contributed by atoms with E-state index in [1.165, 1.54) is 36.7 Å². The topological polar surface area (TPSA) is 28.3 Å². The molecule has 1 atom stereocenters. The molecule has 0 bridgehead atoms. The number of hydrogen-bond donors (Lipinski definition) is 1. The van der Waals surface area contributed by atoms with Crippen LogP contribution in [0.15, 0.2) is 30.5 Å². The van der Waals surface area contributed by atoms with Crippen molar-refractivity contribution < 1.29 is 4.74 Å². The van der Waals surface area contributed by atoms with Crippen LogP contribution in [-0.2, 0) is 0 Å². The Labute approximate surface area is 114 Å². The van der Waals surface area contributed by atoms with Crippen molar-refractivity contribution in [3.8, 4) is 5.75 Å². The Morgan fingerprint density at radius 3 is 3.16 bits per heavy atom. The maximum absolute atomic E-state index is 5.89. The van der Waals surface area contributed by atoms with Crippen LogP contribution >= 0.6 is 0 Å². The van der Waals surface area contributed by atoms with Gasteiger partial charge in [-0.15, -0.1) is 0 Å². The van der Waals surface area contributed by atoms with Crippen LogP contribution in [0.5, 0.6) is 5.75 Å². The van der Waals surface area contributed by atoms with Gasteiger partial charge in [-0.1, -0.05) is 6.42 Å². The van der Waals surface area contributed by atoms with E-state index >= 15 is 0 Å². The summed E-state index contributed by atoms with van der Waals surface area (Å²) in [5.74, 6) is 0.977. The average molecular weight is 258 g/mol. The summed E-state index contributed by atoms with van der Waals surface area (Å²) in [4.78, 5) is 5.67. The van der Waals surface area contributed by atoms with E-state index < -0.39 is 0 Å². The number of nitrogens with one attached hydrogen (secondary N) is 1. The van der Waals surface area contributed by atoms with Gasteiger partial charge < -0.3 is 14.6 Å². The highest BCUT2D eigenvalue weighted by molar-refractivity contribution is 5.80. The Morgan fingerprint density at radius 2 is 2.26 bits per heavy atom. The van der Waals surface area contributed by atoms with Crippen LogP contribution in [0, 0.1) is 0 Å². The minimum Gasteiger partial charge on any atom is -0.494 e. The van der Waals surface area contributed by atoms with Gasteiger partial charge in [0.1, 0.15) is 5.75 Å². The van der Waals surface area contributed by atoms with Gasteiger partial charge in [-0.2, -0.15) is 0 Å². The lowest BCUT2D eigenvalue weighted by atomic mass is 10.0. The molecule has 2 aromatic rings. The van der Waals surface area contributed by atoms with Crippen molar-refractivity contribution in [2.45, 2.75) is 31.7 Å². The second kappa shape index (κ2) is 5.66. The van der Waals surface area contributed by atoms with Gasteiger partial charge in [0.15, 0.2) is 0 Å². The largest absolute Gasteiger partial charge is 0.494 e. The number of fused-ring (bicyclic) bond motifs is 1. The zero-order chi connectivity index (χ0) is 13.1. The monoisotopic (exact) mass is 258 g/mol. The lowest BCUT2D eigenvalue weighted by molar-refractivity contribution is 0.153. The van der Waals surface area contributed by atoms with E-state index in [-0.39, 0.29) is 0 Å². The van der Waals surface area contributed by atoms with E-state index in [4.69, 9.17) is 4.74 Å². The molecule has 3 rings (SSSR count). The second-order valence-electron chi connectivity index (χ2n) is 5.49. The molecule has 0 amide bonds. The Hall–Kier alpha value is -1.48. The Kier molecular flexibility index (Phi) is 3.74. The molecule has 1 N–H and O–H groups in total. The van der Waals surface area contributed by atoms with Crippen molar-refractivity contribution in [1.82, 2.24) is 9.88 Å². The van der Waals surface area contributed by atoms with Crippen LogP contribution in [-0.4, -0.2) is 36.1 Å². The van der Waals surface area contributed by atoms with Crippen molar-refractivity contribution in [2.75, 3.05) is 20.2 Å². The van der Waals surface area contributed by atoms with Crippen molar-refractivity contribution in [3.05, 3.63) is 30.5 Å². The van der Waals surface area contributed by atoms with E-state index in [2.05, 4.69) is 35.1 Å². The van der Waals surface area contributed by atoms with Crippen molar-refractivity contribution in [1.29, 1.82) is 0 Å². The van der Waals surface area contributed by atoms with Gasteiger partial charge in [0.05, 0.1) is 6.61 Å². The van der Waals surface area contributed by atoms with Gasteiger partial charge in [0.2, 0.25) is 0 Å². The minimum atomic E-state index is 0.699. The molecular formula is C16H22N2O. The van der Waals surface area contributed by atoms with Crippen LogP contribution < -0.4 is 4.74 Å². The first-order chi connectivity index (χ1) is 9.33. The first kappa shape index (κ1) is 12.5. The normalized spacial score (nSPS) is 20.8. The molecule has 1 aromatic carbocycles. The molecule has 3 nitrogen and oxygen atoms in total. The highest BCUT2D eigenvalue weighted by atomic mass is 16.5. The van der Waals surface area contributed by atoms with Crippen molar-refractivity contribution in [2.24, 2.45) is 0 Å². The molecule has 2 heterocycles. The standard InChI is InChI=1S/C16H22N2O/c1-18-10-3-2-4-14(18)8-11-19-15-5-6-16-13(12-15)7-9-17-16/h5-7,9,12,14,17H,2-4,8,10-11H2,1H3. The summed E-state index contributed by atoms with van der Waals surface area (Å²) < 4.78 is 5.89. The summed E-state index contributed by atoms with van der Waals surface area (Å²) >= 11 is 0. The summed E-state index contributed by atoms with van der Waals surface area (Å²) in [6.07, 6.45) is 7.12. The van der Waals surface area contributed by atoms with Crippen LogP contribution in [0.4, 0.5) is 0 Å². The molecule has 19 heavy (non-hydrogen) atoms. The maximum Gasteiger partial charge on any atom is 0.120 e. The third kappa shape index (κ3) is 2.92. The number of H-pyrrole nitrogens is 1. The van der Waals surface area contributed by atoms with E-state index in [0.29, 0.717) is 6.04 Å². The molecule has 3 heteroatoms. The fourth-order valence-corrected chi connectivity index (χ4v) is 2.94. The number of piperidine rings is 1. The number of nitrogens with zero attached hydrogens (tertiary/aromatic N) is 1. The molecule has 1 saturated heterocycles. The van der Waals surface area contributed by atoms with Gasteiger partial charge >= 0.3 is 0 Å². The molecule has 0 aliphatic carbocycles. The van der Waals surface area contributed by atoms with Gasteiger partial charge in [0, 0.05) is 23.1 Å². The molecule has 1 aromatic heterocycles. The number of rotatable bonds is 4. The summed E-state index contributed by atoms with van der Waals surface area (Å²) in [5.41, 5.74) is 1.17. The molecule has 0 spiro atoms. The Morgan fingerprint density at radius 1 is 1.32 bits per heavy atom. The van der Waals surface area contributed by atoms with Crippen LogP contribution in [0.2, 0.25) is 0 Å². The lowest BCUT2D eigenvalue weighted by Crippen LogP contribution is -2.37. The molecule has 0 saturated carbocycles. The molecular weight excluding hydrogens is 236 g/mol. The number of ether oxygens (including phenoxy) is 1. The van der Waals surface area contributed by atoms with Gasteiger partial charge in [0.25, 0.3) is 0 Å². The second-order valence-corrected chi connectivity index (χ2v) is 5.49. The van der Waals surface area contributed by atoms with E-state index in [9.17, 15) is 0 Å². The molecule has 102 valence electrons. The van der Waals surface area contributed by atoms with Crippen molar-refractivity contribution >= 4 is 10.9 Å². The van der Waals surface area contributed by atoms with Gasteiger partial charge in [-0.25, -0.2) is 0 Å². The molecule has 0 radical (unpaired) electrons. The quantitative estimate of drug-likeness (QED) is 0.910. The zero-order valence-corrected chi connectivity index (χ0v) is 11.6. The number of hydrogen-bond acceptors (Lipinski definition) is 2. The lowest BCUT2D eigenvalue weighted by Gasteiger charge is -2.32. The third-order valence-electron chi connectivity index (χ3n) is 4.17. The highest BCUT2D eigenvalue weighted by Crippen LogP contribution is 2.21. The van der Waals surface area contributed by atoms with E-state index in [1.807, 2.05) is 12.3 Å². The number of benzene rings is 1. The summed E-state index contributed by atoms with van der Waals surface area (Å²) in [5, 5.41) is 1.22. The highest BCUT2D eigenvalue weighted by Gasteiger charge is 2.18. The van der Waals surface area contributed by atoms with Crippen LogP contribution in [0.25, 0.3) is 10.9 Å². The van der Waals surface area contributed by atoms with Crippen molar-refractivity contribution in [3.63, 3.8) is 0 Å². The Bertz CT molecular complexity index is 534. The van der Waals surface area contributed by atoms with Gasteiger partial charge in [-0.05, 0) is 57.1 Å². The average Bonchev–Trinajstić information content (AvgIpc) is 2.88. The number of aromatic amines is 1. The van der Waals surface area contributed by atoms with Crippen LogP contribution in [0.1, 0.15) is 25.7 Å². The molecule has 1 aliphatic heterocycles. The maximum atomic E-state index is 5.89. The molecule has 1 aliphatic rings. The minimum absolute atomic E-state index is 0.699. The SMILES string of the molecule is CN1CCCCC1CCOc1ccc2[nH]ccc2c1. The first-order valence-electron chi connectivity index (χ1n) is 7.23. The summed E-state index contributed by atoms with van der Waals surface area (Å²) in [6, 6.07) is 9.01. The van der Waals surface area contributed by atoms with E-state index in [0.717, 1.165) is 18.8 Å². The fraction of sp³-hybridized carbons (Fsp3) is 0.500. The van der Waals surface area contributed by atoms with Crippen LogP contribution in [0.3, 0.4) is 0 Å². The molecule has 1 unspecified atom stereocenters.